The van der Waals surface area contributed by atoms with Crippen LogP contribution in [0.2, 0.25) is 0 Å². The highest BCUT2D eigenvalue weighted by molar-refractivity contribution is 5.80. The third kappa shape index (κ3) is 6.02. The van der Waals surface area contributed by atoms with Crippen molar-refractivity contribution in [3.63, 3.8) is 0 Å². The van der Waals surface area contributed by atoms with Crippen LogP contribution >= 0.6 is 0 Å². The zero-order valence-electron chi connectivity index (χ0n) is 16.9. The number of carbonyl (C=O) groups is 1. The smallest absolute Gasteiger partial charge is 0.409 e. The zero-order valence-corrected chi connectivity index (χ0v) is 16.9. The number of likely N-dealkylation sites (N-methyl/N-ethyl adjacent to an activating group) is 1. The number of aliphatic imine (C=N–C) groups is 1. The number of hydrogen-bond donors (Lipinski definition) is 1. The molecule has 2 saturated heterocycles. The first-order valence-corrected chi connectivity index (χ1v) is 9.92. The monoisotopic (exact) mass is 368 g/mol. The SMILES string of the molecule is CCNC(=NCC(C)N1CCN(C)CC1)N1CCN(C(=O)OCC)CC1. The number of rotatable bonds is 5. The lowest BCUT2D eigenvalue weighted by Gasteiger charge is -2.37. The highest BCUT2D eigenvalue weighted by Gasteiger charge is 2.24. The zero-order chi connectivity index (χ0) is 18.9. The molecule has 0 aromatic carbocycles. The van der Waals surface area contributed by atoms with Crippen LogP contribution in [0.5, 0.6) is 0 Å². The Kier molecular flexibility index (Phi) is 8.44. The molecule has 2 fully saturated rings. The van der Waals surface area contributed by atoms with Crippen molar-refractivity contribution >= 4 is 12.1 Å². The van der Waals surface area contributed by atoms with Crippen LogP contribution in [0.15, 0.2) is 4.99 Å². The van der Waals surface area contributed by atoms with Crippen LogP contribution < -0.4 is 5.32 Å². The third-order valence-corrected chi connectivity index (χ3v) is 5.11. The van der Waals surface area contributed by atoms with Gasteiger partial charge in [0.1, 0.15) is 0 Å². The fourth-order valence-electron chi connectivity index (χ4n) is 3.34. The van der Waals surface area contributed by atoms with E-state index in [2.05, 4.69) is 40.9 Å². The van der Waals surface area contributed by atoms with Crippen molar-refractivity contribution < 1.29 is 9.53 Å². The van der Waals surface area contributed by atoms with Crippen molar-refractivity contribution in [3.05, 3.63) is 0 Å². The largest absolute Gasteiger partial charge is 0.450 e. The van der Waals surface area contributed by atoms with Crippen molar-refractivity contribution in [1.29, 1.82) is 0 Å². The molecule has 8 nitrogen and oxygen atoms in total. The van der Waals surface area contributed by atoms with Gasteiger partial charge in [-0.2, -0.15) is 0 Å². The number of nitrogens with zero attached hydrogens (tertiary/aromatic N) is 5. The van der Waals surface area contributed by atoms with Gasteiger partial charge in [0.2, 0.25) is 0 Å². The molecule has 0 radical (unpaired) electrons. The summed E-state index contributed by atoms with van der Waals surface area (Å²) in [6.07, 6.45) is -0.210. The lowest BCUT2D eigenvalue weighted by Crippen LogP contribution is -2.54. The fourth-order valence-corrected chi connectivity index (χ4v) is 3.34. The standard InChI is InChI=1S/C18H36N6O2/c1-5-19-17(20-15-16(3)22-9-7-21(4)8-10-22)23-11-13-24(14-12-23)18(25)26-6-2/h16H,5-15H2,1-4H3,(H,19,20). The predicted octanol–water partition coefficient (Wildman–Crippen LogP) is 0.362. The summed E-state index contributed by atoms with van der Waals surface area (Å²) in [7, 11) is 2.18. The molecule has 150 valence electrons. The molecular weight excluding hydrogens is 332 g/mol. The summed E-state index contributed by atoms with van der Waals surface area (Å²) in [5, 5.41) is 3.40. The number of carbonyl (C=O) groups excluding carboxylic acids is 1. The molecule has 1 atom stereocenters. The van der Waals surface area contributed by atoms with E-state index in [9.17, 15) is 4.79 Å². The summed E-state index contributed by atoms with van der Waals surface area (Å²) in [5.74, 6) is 0.956. The highest BCUT2D eigenvalue weighted by atomic mass is 16.6. The second-order valence-corrected chi connectivity index (χ2v) is 7.06. The minimum atomic E-state index is -0.210. The quantitative estimate of drug-likeness (QED) is 0.559. The molecule has 0 aromatic heterocycles. The van der Waals surface area contributed by atoms with Gasteiger partial charge in [-0.15, -0.1) is 0 Å². The van der Waals surface area contributed by atoms with Crippen LogP contribution in [-0.4, -0.2) is 117 Å². The molecule has 1 amide bonds. The molecule has 2 heterocycles. The molecule has 0 spiro atoms. The van der Waals surface area contributed by atoms with Gasteiger partial charge in [0.25, 0.3) is 0 Å². The second-order valence-electron chi connectivity index (χ2n) is 7.06. The van der Waals surface area contributed by atoms with Gasteiger partial charge >= 0.3 is 6.09 Å². The maximum absolute atomic E-state index is 11.8. The van der Waals surface area contributed by atoms with E-state index in [0.717, 1.165) is 58.3 Å². The van der Waals surface area contributed by atoms with Gasteiger partial charge in [0.15, 0.2) is 5.96 Å². The lowest BCUT2D eigenvalue weighted by atomic mass is 10.2. The Morgan fingerprint density at radius 2 is 1.65 bits per heavy atom. The summed E-state index contributed by atoms with van der Waals surface area (Å²) in [4.78, 5) is 25.6. The molecule has 1 unspecified atom stereocenters. The first kappa shape index (κ1) is 20.8. The summed E-state index contributed by atoms with van der Waals surface area (Å²) in [5.41, 5.74) is 0. The number of guanidine groups is 1. The highest BCUT2D eigenvalue weighted by Crippen LogP contribution is 2.07. The van der Waals surface area contributed by atoms with Crippen molar-refractivity contribution in [2.24, 2.45) is 4.99 Å². The van der Waals surface area contributed by atoms with Gasteiger partial charge in [0.05, 0.1) is 13.2 Å². The Bertz CT molecular complexity index is 457. The lowest BCUT2D eigenvalue weighted by molar-refractivity contribution is 0.0913. The first-order chi connectivity index (χ1) is 12.5. The fraction of sp³-hybridized carbons (Fsp3) is 0.889. The van der Waals surface area contributed by atoms with E-state index in [0.29, 0.717) is 25.7 Å². The maximum Gasteiger partial charge on any atom is 0.409 e. The van der Waals surface area contributed by atoms with Gasteiger partial charge < -0.3 is 24.8 Å². The molecule has 0 aromatic rings. The van der Waals surface area contributed by atoms with Gasteiger partial charge in [-0.25, -0.2) is 4.79 Å². The van der Waals surface area contributed by atoms with Crippen molar-refractivity contribution in [2.75, 3.05) is 79.1 Å². The summed E-state index contributed by atoms with van der Waals surface area (Å²) >= 11 is 0. The molecule has 2 rings (SSSR count). The van der Waals surface area contributed by atoms with E-state index in [-0.39, 0.29) is 6.09 Å². The van der Waals surface area contributed by atoms with Crippen LogP contribution in [-0.2, 0) is 4.74 Å². The molecule has 0 saturated carbocycles. The number of hydrogen-bond acceptors (Lipinski definition) is 5. The minimum absolute atomic E-state index is 0.210. The number of piperazine rings is 2. The van der Waals surface area contributed by atoms with Crippen LogP contribution in [0.1, 0.15) is 20.8 Å². The number of ether oxygens (including phenoxy) is 1. The number of nitrogens with one attached hydrogen (secondary N) is 1. The van der Waals surface area contributed by atoms with Crippen molar-refractivity contribution in [1.82, 2.24) is 24.9 Å². The Morgan fingerprint density at radius 3 is 2.23 bits per heavy atom. The van der Waals surface area contributed by atoms with Crippen LogP contribution in [0.3, 0.4) is 0 Å². The van der Waals surface area contributed by atoms with Crippen molar-refractivity contribution in [2.45, 2.75) is 26.8 Å². The Labute approximate surface area is 158 Å². The molecule has 8 heteroatoms. The Hall–Kier alpha value is -1.54. The molecule has 0 aliphatic carbocycles. The molecule has 1 N–H and O–H groups in total. The van der Waals surface area contributed by atoms with Crippen LogP contribution in [0, 0.1) is 0 Å². The van der Waals surface area contributed by atoms with E-state index in [1.165, 1.54) is 0 Å². The van der Waals surface area contributed by atoms with E-state index in [1.54, 1.807) is 4.90 Å². The predicted molar refractivity (Wildman–Crippen MR) is 105 cm³/mol. The Morgan fingerprint density at radius 1 is 1.04 bits per heavy atom. The first-order valence-electron chi connectivity index (χ1n) is 9.92. The summed E-state index contributed by atoms with van der Waals surface area (Å²) in [6.45, 7) is 15.7. The third-order valence-electron chi connectivity index (χ3n) is 5.11. The molecule has 0 bridgehead atoms. The number of amides is 1. The van der Waals surface area contributed by atoms with E-state index >= 15 is 0 Å². The van der Waals surface area contributed by atoms with Crippen LogP contribution in [0.4, 0.5) is 4.79 Å². The van der Waals surface area contributed by atoms with Gasteiger partial charge in [-0.05, 0) is 27.8 Å². The second kappa shape index (κ2) is 10.6. The van der Waals surface area contributed by atoms with Crippen molar-refractivity contribution in [3.8, 4) is 0 Å². The minimum Gasteiger partial charge on any atom is -0.450 e. The van der Waals surface area contributed by atoms with Gasteiger partial charge in [-0.3, -0.25) is 9.89 Å². The van der Waals surface area contributed by atoms with E-state index in [1.807, 2.05) is 6.92 Å². The molecule has 26 heavy (non-hydrogen) atoms. The molecular formula is C18H36N6O2. The maximum atomic E-state index is 11.8. The average Bonchev–Trinajstić information content (AvgIpc) is 2.66. The summed E-state index contributed by atoms with van der Waals surface area (Å²) < 4.78 is 5.09. The van der Waals surface area contributed by atoms with E-state index in [4.69, 9.17) is 9.73 Å². The van der Waals surface area contributed by atoms with Crippen LogP contribution in [0.25, 0.3) is 0 Å². The normalized spacial score (nSPS) is 21.6. The summed E-state index contributed by atoms with van der Waals surface area (Å²) in [6, 6.07) is 0.443. The average molecular weight is 369 g/mol. The molecule has 2 aliphatic heterocycles. The van der Waals surface area contributed by atoms with Gasteiger partial charge in [-0.1, -0.05) is 0 Å². The Balaban J connectivity index is 1.85. The topological polar surface area (TPSA) is 63.7 Å². The van der Waals surface area contributed by atoms with E-state index < -0.39 is 0 Å². The molecule has 2 aliphatic rings. The van der Waals surface area contributed by atoms with Gasteiger partial charge in [0, 0.05) is 64.9 Å².